The highest BCUT2D eigenvalue weighted by Crippen LogP contribution is 2.24. The first kappa shape index (κ1) is 16.4. The molecule has 1 aromatic carbocycles. The Kier molecular flexibility index (Phi) is 5.08. The molecule has 0 atom stereocenters. The van der Waals surface area contributed by atoms with E-state index < -0.39 is 4.92 Å². The molecule has 0 aromatic heterocycles. The Hall–Kier alpha value is -1.66. The third-order valence-electron chi connectivity index (χ3n) is 3.30. The van der Waals surface area contributed by atoms with Crippen molar-refractivity contribution in [3.63, 3.8) is 0 Å². The van der Waals surface area contributed by atoms with Crippen LogP contribution in [0.1, 0.15) is 24.2 Å². The summed E-state index contributed by atoms with van der Waals surface area (Å²) in [4.78, 5) is 24.1. The third-order valence-corrected chi connectivity index (χ3v) is 3.60. The van der Waals surface area contributed by atoms with Gasteiger partial charge in [-0.1, -0.05) is 11.6 Å². The molecule has 0 radical (unpaired) electrons. The predicted octanol–water partition coefficient (Wildman–Crippen LogP) is 2.32. The summed E-state index contributed by atoms with van der Waals surface area (Å²) in [5.74, 6) is -0.309. The van der Waals surface area contributed by atoms with Crippen LogP contribution in [0.2, 0.25) is 5.02 Å². The highest BCUT2D eigenvalue weighted by Gasteiger charge is 2.22. The molecule has 1 amide bonds. The fourth-order valence-corrected chi connectivity index (χ4v) is 1.60. The number of nitro groups is 1. The number of nitrogens with zero attached hydrogens (tertiary/aromatic N) is 2. The second-order valence-corrected chi connectivity index (χ2v) is 5.72. The molecule has 0 bridgehead atoms. The van der Waals surface area contributed by atoms with Gasteiger partial charge < -0.3 is 10.2 Å². The lowest BCUT2D eigenvalue weighted by atomic mass is 10.0. The fourth-order valence-electron chi connectivity index (χ4n) is 1.35. The molecule has 0 aliphatic carbocycles. The van der Waals surface area contributed by atoms with Crippen molar-refractivity contribution >= 4 is 23.2 Å². The highest BCUT2D eigenvalue weighted by atomic mass is 35.5. The second kappa shape index (κ2) is 6.19. The molecule has 1 aromatic rings. The number of hydrogen-bond donors (Lipinski definition) is 1. The van der Waals surface area contributed by atoms with Crippen molar-refractivity contribution in [3.05, 3.63) is 38.9 Å². The molecule has 0 aliphatic rings. The molecule has 110 valence electrons. The number of likely N-dealkylation sites (N-methyl/N-ethyl adjacent to an activating group) is 1. The van der Waals surface area contributed by atoms with Crippen molar-refractivity contribution in [1.82, 2.24) is 10.2 Å². The van der Waals surface area contributed by atoms with Gasteiger partial charge in [0, 0.05) is 23.7 Å². The van der Waals surface area contributed by atoms with E-state index in [9.17, 15) is 14.9 Å². The zero-order chi connectivity index (χ0) is 15.5. The van der Waals surface area contributed by atoms with Crippen LogP contribution in [0.3, 0.4) is 0 Å². The predicted molar refractivity (Wildman–Crippen MR) is 78.2 cm³/mol. The average Bonchev–Trinajstić information content (AvgIpc) is 2.35. The minimum absolute atomic E-state index is 0.0467. The van der Waals surface area contributed by atoms with Gasteiger partial charge in [0.1, 0.15) is 5.02 Å². The van der Waals surface area contributed by atoms with Crippen molar-refractivity contribution < 1.29 is 9.72 Å². The first-order valence-electron chi connectivity index (χ1n) is 6.05. The molecule has 0 fully saturated rings. The van der Waals surface area contributed by atoms with Crippen LogP contribution in [0.4, 0.5) is 5.69 Å². The van der Waals surface area contributed by atoms with E-state index in [4.69, 9.17) is 11.6 Å². The first-order chi connectivity index (χ1) is 9.15. The summed E-state index contributed by atoms with van der Waals surface area (Å²) in [7, 11) is 3.85. The summed E-state index contributed by atoms with van der Waals surface area (Å²) < 4.78 is 0. The third kappa shape index (κ3) is 3.91. The van der Waals surface area contributed by atoms with Gasteiger partial charge in [-0.3, -0.25) is 14.9 Å². The smallest absolute Gasteiger partial charge is 0.287 e. The lowest BCUT2D eigenvalue weighted by Crippen LogP contribution is -2.48. The van der Waals surface area contributed by atoms with Crippen LogP contribution in [0.5, 0.6) is 0 Å². The maximum atomic E-state index is 12.0. The van der Waals surface area contributed by atoms with E-state index >= 15 is 0 Å². The van der Waals surface area contributed by atoms with Gasteiger partial charge in [0.25, 0.3) is 11.6 Å². The Morgan fingerprint density at radius 2 is 2.05 bits per heavy atom. The minimum Gasteiger partial charge on any atom is -0.350 e. The maximum Gasteiger partial charge on any atom is 0.287 e. The van der Waals surface area contributed by atoms with Gasteiger partial charge in [0.05, 0.1) is 4.92 Å². The zero-order valence-corrected chi connectivity index (χ0v) is 12.7. The average molecular weight is 300 g/mol. The van der Waals surface area contributed by atoms with Crippen LogP contribution in [0.25, 0.3) is 0 Å². The topological polar surface area (TPSA) is 75.5 Å². The van der Waals surface area contributed by atoms with Gasteiger partial charge in [0.15, 0.2) is 0 Å². The molecule has 20 heavy (non-hydrogen) atoms. The molecule has 0 aliphatic heterocycles. The Labute approximate surface area is 122 Å². The van der Waals surface area contributed by atoms with Crippen LogP contribution in [-0.4, -0.2) is 41.9 Å². The Balaban J connectivity index is 2.79. The Bertz CT molecular complexity index is 530. The summed E-state index contributed by atoms with van der Waals surface area (Å²) in [5, 5.41) is 13.4. The fraction of sp³-hybridized carbons (Fsp3) is 0.462. The van der Waals surface area contributed by atoms with E-state index in [-0.39, 0.29) is 22.2 Å². The molecule has 1 rings (SSSR count). The summed E-state index contributed by atoms with van der Waals surface area (Å²) in [6.07, 6.45) is 0. The minimum atomic E-state index is -0.584. The van der Waals surface area contributed by atoms with Crippen molar-refractivity contribution in [2.24, 2.45) is 0 Å². The van der Waals surface area contributed by atoms with Gasteiger partial charge in [-0.15, -0.1) is 0 Å². The first-order valence-corrected chi connectivity index (χ1v) is 6.42. The molecule has 0 saturated heterocycles. The molecular formula is C13H18ClN3O3. The quantitative estimate of drug-likeness (QED) is 0.669. The summed E-state index contributed by atoms with van der Waals surface area (Å²) in [6, 6.07) is 3.92. The number of amides is 1. The molecule has 6 nitrogen and oxygen atoms in total. The van der Waals surface area contributed by atoms with E-state index in [1.807, 2.05) is 32.8 Å². The van der Waals surface area contributed by atoms with E-state index in [1.54, 1.807) is 0 Å². The number of rotatable bonds is 5. The number of benzene rings is 1. The number of nitrogens with one attached hydrogen (secondary N) is 1. The number of carbonyl (C=O) groups excluding carboxylic acids is 1. The van der Waals surface area contributed by atoms with Crippen molar-refractivity contribution in [2.75, 3.05) is 20.6 Å². The van der Waals surface area contributed by atoms with Gasteiger partial charge >= 0.3 is 0 Å². The lowest BCUT2D eigenvalue weighted by Gasteiger charge is -2.32. The van der Waals surface area contributed by atoms with Gasteiger partial charge in [-0.25, -0.2) is 0 Å². The van der Waals surface area contributed by atoms with Crippen LogP contribution in [-0.2, 0) is 0 Å². The van der Waals surface area contributed by atoms with Crippen molar-refractivity contribution in [3.8, 4) is 0 Å². The number of hydrogen-bond acceptors (Lipinski definition) is 4. The van der Waals surface area contributed by atoms with E-state index in [0.717, 1.165) is 0 Å². The van der Waals surface area contributed by atoms with Crippen molar-refractivity contribution in [2.45, 2.75) is 19.4 Å². The molecule has 0 saturated carbocycles. The standard InChI is InChI=1S/C13H18ClN3O3/c1-13(2,16(3)4)8-15-12(18)9-5-6-11(17(19)20)10(14)7-9/h5-7H,8H2,1-4H3,(H,15,18). The molecule has 0 unspecified atom stereocenters. The number of halogens is 1. The largest absolute Gasteiger partial charge is 0.350 e. The highest BCUT2D eigenvalue weighted by molar-refractivity contribution is 6.33. The lowest BCUT2D eigenvalue weighted by molar-refractivity contribution is -0.384. The summed E-state index contributed by atoms with van der Waals surface area (Å²) in [5.41, 5.74) is -0.104. The summed E-state index contributed by atoms with van der Waals surface area (Å²) in [6.45, 7) is 4.44. The number of nitro benzene ring substituents is 1. The Morgan fingerprint density at radius 1 is 1.45 bits per heavy atom. The molecular weight excluding hydrogens is 282 g/mol. The summed E-state index contributed by atoms with van der Waals surface area (Å²) >= 11 is 5.78. The van der Waals surface area contributed by atoms with E-state index in [0.29, 0.717) is 12.1 Å². The SMILES string of the molecule is CN(C)C(C)(C)CNC(=O)c1ccc([N+](=O)[O-])c(Cl)c1. The normalized spacial score (nSPS) is 11.5. The number of carbonyl (C=O) groups is 1. The molecule has 1 N–H and O–H groups in total. The van der Waals surface area contributed by atoms with E-state index in [1.165, 1.54) is 18.2 Å². The van der Waals surface area contributed by atoms with Crippen LogP contribution in [0.15, 0.2) is 18.2 Å². The zero-order valence-electron chi connectivity index (χ0n) is 11.9. The van der Waals surface area contributed by atoms with Gasteiger partial charge in [-0.05, 0) is 40.1 Å². The molecule has 0 heterocycles. The van der Waals surface area contributed by atoms with Crippen LogP contribution in [0, 0.1) is 10.1 Å². The van der Waals surface area contributed by atoms with Crippen LogP contribution >= 0.6 is 11.6 Å². The monoisotopic (exact) mass is 299 g/mol. The van der Waals surface area contributed by atoms with Crippen molar-refractivity contribution in [1.29, 1.82) is 0 Å². The maximum absolute atomic E-state index is 12.0. The second-order valence-electron chi connectivity index (χ2n) is 5.31. The Morgan fingerprint density at radius 3 is 2.50 bits per heavy atom. The van der Waals surface area contributed by atoms with Crippen LogP contribution < -0.4 is 5.32 Å². The van der Waals surface area contributed by atoms with Gasteiger partial charge in [-0.2, -0.15) is 0 Å². The molecule has 0 spiro atoms. The molecule has 7 heteroatoms. The van der Waals surface area contributed by atoms with Gasteiger partial charge in [0.2, 0.25) is 0 Å². The van der Waals surface area contributed by atoms with E-state index in [2.05, 4.69) is 5.32 Å².